The van der Waals surface area contributed by atoms with E-state index in [4.69, 9.17) is 14.2 Å². The molecule has 4 heteroatoms. The van der Waals surface area contributed by atoms with Crippen LogP contribution in [0.1, 0.15) is 19.8 Å². The summed E-state index contributed by atoms with van der Waals surface area (Å²) >= 11 is 0. The van der Waals surface area contributed by atoms with Crippen LogP contribution in [0, 0.1) is 0 Å². The zero-order chi connectivity index (χ0) is 11.2. The Morgan fingerprint density at radius 1 is 0.867 bits per heavy atom. The van der Waals surface area contributed by atoms with E-state index in [-0.39, 0.29) is 0 Å². The topological polar surface area (TPSA) is 39.7 Å². The first-order valence-corrected chi connectivity index (χ1v) is 5.77. The van der Waals surface area contributed by atoms with Crippen molar-refractivity contribution in [2.24, 2.45) is 0 Å². The van der Waals surface area contributed by atoms with Gasteiger partial charge in [0.15, 0.2) is 0 Å². The van der Waals surface area contributed by atoms with Crippen molar-refractivity contribution in [3.63, 3.8) is 0 Å². The minimum atomic E-state index is 0.678. The van der Waals surface area contributed by atoms with E-state index in [1.54, 1.807) is 7.11 Å². The number of ether oxygens (including phenoxy) is 3. The average Bonchev–Trinajstić information content (AvgIpc) is 2.26. The lowest BCUT2D eigenvalue weighted by Gasteiger charge is -2.06. The monoisotopic (exact) mass is 219 g/mol. The zero-order valence-corrected chi connectivity index (χ0v) is 10.1. The Hall–Kier alpha value is -0.160. The van der Waals surface area contributed by atoms with Crippen LogP contribution in [0.5, 0.6) is 0 Å². The second-order valence-corrected chi connectivity index (χ2v) is 3.32. The fourth-order valence-corrected chi connectivity index (χ4v) is 1.07. The molecule has 0 amide bonds. The first kappa shape index (κ1) is 14.8. The largest absolute Gasteiger partial charge is 0.385 e. The fraction of sp³-hybridized carbons (Fsp3) is 1.00. The number of hydrogen-bond donors (Lipinski definition) is 1. The van der Waals surface area contributed by atoms with Gasteiger partial charge in [-0.2, -0.15) is 0 Å². The summed E-state index contributed by atoms with van der Waals surface area (Å²) in [5.74, 6) is 0. The normalized spacial score (nSPS) is 10.8. The third-order valence-corrected chi connectivity index (χ3v) is 1.86. The second kappa shape index (κ2) is 13.8. The van der Waals surface area contributed by atoms with Gasteiger partial charge >= 0.3 is 0 Å². The molecule has 15 heavy (non-hydrogen) atoms. The summed E-state index contributed by atoms with van der Waals surface area (Å²) in [6, 6.07) is 0. The molecule has 0 aromatic carbocycles. The van der Waals surface area contributed by atoms with Crippen molar-refractivity contribution < 1.29 is 14.2 Å². The zero-order valence-electron chi connectivity index (χ0n) is 10.1. The quantitative estimate of drug-likeness (QED) is 0.498. The van der Waals surface area contributed by atoms with Crippen molar-refractivity contribution in [2.75, 3.05) is 53.2 Å². The molecule has 0 heterocycles. The van der Waals surface area contributed by atoms with Gasteiger partial charge in [0.25, 0.3) is 0 Å². The van der Waals surface area contributed by atoms with Gasteiger partial charge in [-0.25, -0.2) is 0 Å². The fourth-order valence-electron chi connectivity index (χ4n) is 1.07. The predicted octanol–water partition coefficient (Wildman–Crippen LogP) is 1.06. The maximum absolute atomic E-state index is 5.37. The Morgan fingerprint density at radius 2 is 1.60 bits per heavy atom. The van der Waals surface area contributed by atoms with Gasteiger partial charge < -0.3 is 19.5 Å². The molecule has 0 aliphatic carbocycles. The number of rotatable bonds is 12. The summed E-state index contributed by atoms with van der Waals surface area (Å²) < 4.78 is 15.6. The smallest absolute Gasteiger partial charge is 0.0701 e. The molecular weight excluding hydrogens is 194 g/mol. The van der Waals surface area contributed by atoms with Gasteiger partial charge in [0.1, 0.15) is 0 Å². The summed E-state index contributed by atoms with van der Waals surface area (Å²) in [6.07, 6.45) is 2.12. The molecule has 0 rings (SSSR count). The minimum absolute atomic E-state index is 0.678. The SMILES string of the molecule is CCCNCCOCCOCCCOC. The van der Waals surface area contributed by atoms with Crippen LogP contribution in [0.3, 0.4) is 0 Å². The van der Waals surface area contributed by atoms with Crippen LogP contribution in [-0.4, -0.2) is 53.2 Å². The maximum Gasteiger partial charge on any atom is 0.0701 e. The predicted molar refractivity (Wildman–Crippen MR) is 61.3 cm³/mol. The van der Waals surface area contributed by atoms with Gasteiger partial charge in [-0.1, -0.05) is 6.92 Å². The van der Waals surface area contributed by atoms with Crippen molar-refractivity contribution >= 4 is 0 Å². The van der Waals surface area contributed by atoms with E-state index >= 15 is 0 Å². The van der Waals surface area contributed by atoms with E-state index in [0.717, 1.165) is 39.3 Å². The molecule has 0 fully saturated rings. The molecule has 0 aliphatic heterocycles. The van der Waals surface area contributed by atoms with Gasteiger partial charge in [-0.15, -0.1) is 0 Å². The molecule has 0 aromatic rings. The van der Waals surface area contributed by atoms with Gasteiger partial charge in [0.2, 0.25) is 0 Å². The first-order chi connectivity index (χ1) is 7.41. The summed E-state index contributed by atoms with van der Waals surface area (Å²) in [5, 5.41) is 3.27. The molecular formula is C11H25NO3. The van der Waals surface area contributed by atoms with E-state index < -0.39 is 0 Å². The Labute approximate surface area is 93.3 Å². The molecule has 0 unspecified atom stereocenters. The van der Waals surface area contributed by atoms with Gasteiger partial charge in [-0.3, -0.25) is 0 Å². The molecule has 1 N–H and O–H groups in total. The molecule has 0 saturated carbocycles. The lowest BCUT2D eigenvalue weighted by molar-refractivity contribution is 0.0409. The van der Waals surface area contributed by atoms with Crippen molar-refractivity contribution in [3.8, 4) is 0 Å². The minimum Gasteiger partial charge on any atom is -0.385 e. The lowest BCUT2D eigenvalue weighted by atomic mass is 10.5. The van der Waals surface area contributed by atoms with Crippen LogP contribution in [0.4, 0.5) is 0 Å². The molecule has 92 valence electrons. The molecule has 4 nitrogen and oxygen atoms in total. The van der Waals surface area contributed by atoms with Crippen LogP contribution in [-0.2, 0) is 14.2 Å². The lowest BCUT2D eigenvalue weighted by Crippen LogP contribution is -2.21. The number of nitrogens with one attached hydrogen (secondary N) is 1. The maximum atomic E-state index is 5.37. The first-order valence-electron chi connectivity index (χ1n) is 5.77. The molecule has 0 aliphatic rings. The van der Waals surface area contributed by atoms with Crippen LogP contribution in [0.2, 0.25) is 0 Å². The molecule has 0 aromatic heterocycles. The van der Waals surface area contributed by atoms with Crippen LogP contribution >= 0.6 is 0 Å². The van der Waals surface area contributed by atoms with Crippen LogP contribution in [0.25, 0.3) is 0 Å². The van der Waals surface area contributed by atoms with E-state index in [1.807, 2.05) is 0 Å². The summed E-state index contributed by atoms with van der Waals surface area (Å²) in [7, 11) is 1.70. The Morgan fingerprint density at radius 3 is 2.27 bits per heavy atom. The highest BCUT2D eigenvalue weighted by molar-refractivity contribution is 4.43. The van der Waals surface area contributed by atoms with Crippen molar-refractivity contribution in [1.29, 1.82) is 0 Å². The van der Waals surface area contributed by atoms with Gasteiger partial charge in [-0.05, 0) is 19.4 Å². The van der Waals surface area contributed by atoms with E-state index in [0.29, 0.717) is 13.2 Å². The summed E-state index contributed by atoms with van der Waals surface area (Å²) in [5.41, 5.74) is 0. The third kappa shape index (κ3) is 13.8. The molecule has 0 radical (unpaired) electrons. The van der Waals surface area contributed by atoms with E-state index in [2.05, 4.69) is 12.2 Å². The van der Waals surface area contributed by atoms with Crippen molar-refractivity contribution in [3.05, 3.63) is 0 Å². The van der Waals surface area contributed by atoms with Gasteiger partial charge in [0, 0.05) is 26.9 Å². The molecule has 0 spiro atoms. The van der Waals surface area contributed by atoms with Gasteiger partial charge in [0.05, 0.1) is 19.8 Å². The Bertz CT molecular complexity index is 100. The molecule has 0 saturated heterocycles. The standard InChI is InChI=1S/C11H25NO3/c1-3-5-12-6-9-15-11-10-14-8-4-7-13-2/h12H,3-11H2,1-2H3. The van der Waals surface area contributed by atoms with Crippen molar-refractivity contribution in [1.82, 2.24) is 5.32 Å². The van der Waals surface area contributed by atoms with Crippen LogP contribution < -0.4 is 5.32 Å². The molecule has 0 atom stereocenters. The Balaban J connectivity index is 2.81. The molecule has 0 bridgehead atoms. The van der Waals surface area contributed by atoms with E-state index in [1.165, 1.54) is 6.42 Å². The summed E-state index contributed by atoms with van der Waals surface area (Å²) in [4.78, 5) is 0. The van der Waals surface area contributed by atoms with E-state index in [9.17, 15) is 0 Å². The highest BCUT2D eigenvalue weighted by atomic mass is 16.5. The van der Waals surface area contributed by atoms with Crippen molar-refractivity contribution in [2.45, 2.75) is 19.8 Å². The highest BCUT2D eigenvalue weighted by Crippen LogP contribution is 1.84. The second-order valence-electron chi connectivity index (χ2n) is 3.32. The third-order valence-electron chi connectivity index (χ3n) is 1.86. The number of hydrogen-bond acceptors (Lipinski definition) is 4. The van der Waals surface area contributed by atoms with Crippen LogP contribution in [0.15, 0.2) is 0 Å². The number of methoxy groups -OCH3 is 1. The average molecular weight is 219 g/mol. The Kier molecular flexibility index (Phi) is 13.7. The highest BCUT2D eigenvalue weighted by Gasteiger charge is 1.90. The summed E-state index contributed by atoms with van der Waals surface area (Å²) in [6.45, 7) is 7.79.